The smallest absolute Gasteiger partial charge is 0.136 e. The van der Waals surface area contributed by atoms with Gasteiger partial charge in [-0.25, -0.2) is 0 Å². The Kier molecular flexibility index (Phi) is 3.30. The van der Waals surface area contributed by atoms with Crippen molar-refractivity contribution in [3.8, 4) is 0 Å². The van der Waals surface area contributed by atoms with E-state index in [1.54, 1.807) is 0 Å². The van der Waals surface area contributed by atoms with Crippen LogP contribution in [0, 0.1) is 17.8 Å². The Morgan fingerprint density at radius 2 is 2.08 bits per heavy atom. The van der Waals surface area contributed by atoms with E-state index in [1.807, 2.05) is 0 Å². The summed E-state index contributed by atoms with van der Waals surface area (Å²) in [5.74, 6) is 2.23. The van der Waals surface area contributed by atoms with Crippen LogP contribution in [0.4, 0.5) is 0 Å². The van der Waals surface area contributed by atoms with Crippen LogP contribution in [0.15, 0.2) is 0 Å². The van der Waals surface area contributed by atoms with Gasteiger partial charge < -0.3 is 0 Å². The number of carbonyl (C=O) groups is 1. The van der Waals surface area contributed by atoms with Crippen molar-refractivity contribution in [1.82, 2.24) is 0 Å². The molecule has 1 heteroatoms. The predicted octanol–water partition coefficient (Wildman–Crippen LogP) is 3.04. The van der Waals surface area contributed by atoms with Gasteiger partial charge in [0.15, 0.2) is 0 Å². The molecular formula is C11H20O. The molecule has 1 unspecified atom stereocenters. The maximum absolute atomic E-state index is 11.5. The molecule has 1 nitrogen and oxygen atoms in total. The highest BCUT2D eigenvalue weighted by Crippen LogP contribution is 2.38. The van der Waals surface area contributed by atoms with E-state index in [0.29, 0.717) is 23.5 Å². The number of Topliss-reactive ketones (excluding diaryl/α,β-unsaturated/α-hetero) is 1. The summed E-state index contributed by atoms with van der Waals surface area (Å²) in [6.07, 6.45) is 4.35. The lowest BCUT2D eigenvalue weighted by Crippen LogP contribution is -2.15. The standard InChI is InChI=1S/C11H20O/c1-4-6-10-8(3)7-11(12)9(10)5-2/h8-10H,4-7H2,1-3H3/t8?,9-,10+/m1/s1. The lowest BCUT2D eigenvalue weighted by Gasteiger charge is -2.19. The maximum atomic E-state index is 11.5. The van der Waals surface area contributed by atoms with Gasteiger partial charge in [0, 0.05) is 12.3 Å². The van der Waals surface area contributed by atoms with Crippen LogP contribution in [-0.2, 0) is 4.79 Å². The maximum Gasteiger partial charge on any atom is 0.136 e. The minimum absolute atomic E-state index is 0.389. The summed E-state index contributed by atoms with van der Waals surface area (Å²) in [7, 11) is 0. The van der Waals surface area contributed by atoms with Crippen molar-refractivity contribution < 1.29 is 4.79 Å². The molecule has 0 saturated heterocycles. The van der Waals surface area contributed by atoms with Crippen molar-refractivity contribution in [2.45, 2.75) is 46.5 Å². The molecule has 0 amide bonds. The van der Waals surface area contributed by atoms with E-state index >= 15 is 0 Å². The molecule has 0 aromatic rings. The minimum Gasteiger partial charge on any atom is -0.299 e. The Morgan fingerprint density at radius 3 is 2.58 bits per heavy atom. The van der Waals surface area contributed by atoms with Crippen LogP contribution in [0.1, 0.15) is 46.5 Å². The largest absolute Gasteiger partial charge is 0.299 e. The SMILES string of the molecule is CCC[C@H]1C(C)CC(=O)[C@@H]1CC. The molecule has 0 bridgehead atoms. The first-order chi connectivity index (χ1) is 5.70. The Morgan fingerprint density at radius 1 is 1.42 bits per heavy atom. The van der Waals surface area contributed by atoms with Gasteiger partial charge in [0.2, 0.25) is 0 Å². The van der Waals surface area contributed by atoms with Crippen LogP contribution in [0.3, 0.4) is 0 Å². The molecule has 1 aliphatic carbocycles. The molecule has 70 valence electrons. The second kappa shape index (κ2) is 4.06. The van der Waals surface area contributed by atoms with Gasteiger partial charge in [0.25, 0.3) is 0 Å². The van der Waals surface area contributed by atoms with Gasteiger partial charge in [0.05, 0.1) is 0 Å². The fraction of sp³-hybridized carbons (Fsp3) is 0.909. The molecule has 0 spiro atoms. The highest BCUT2D eigenvalue weighted by molar-refractivity contribution is 5.83. The van der Waals surface area contributed by atoms with Gasteiger partial charge in [0.1, 0.15) is 5.78 Å². The van der Waals surface area contributed by atoms with Crippen LogP contribution >= 0.6 is 0 Å². The van der Waals surface area contributed by atoms with Crippen molar-refractivity contribution in [1.29, 1.82) is 0 Å². The Balaban J connectivity index is 2.61. The molecule has 0 N–H and O–H groups in total. The zero-order valence-corrected chi connectivity index (χ0v) is 8.47. The number of carbonyl (C=O) groups excluding carboxylic acids is 1. The molecule has 0 aliphatic heterocycles. The minimum atomic E-state index is 0.389. The van der Waals surface area contributed by atoms with Gasteiger partial charge in [-0.2, -0.15) is 0 Å². The number of hydrogen-bond donors (Lipinski definition) is 0. The third-order valence-electron chi connectivity index (χ3n) is 3.25. The summed E-state index contributed by atoms with van der Waals surface area (Å²) in [5, 5.41) is 0. The van der Waals surface area contributed by atoms with Crippen LogP contribution in [0.2, 0.25) is 0 Å². The van der Waals surface area contributed by atoms with E-state index in [9.17, 15) is 4.79 Å². The molecule has 0 aromatic carbocycles. The fourth-order valence-corrected chi connectivity index (χ4v) is 2.60. The third-order valence-corrected chi connectivity index (χ3v) is 3.25. The van der Waals surface area contributed by atoms with Gasteiger partial charge >= 0.3 is 0 Å². The molecule has 1 rings (SSSR count). The first-order valence-electron chi connectivity index (χ1n) is 5.23. The topological polar surface area (TPSA) is 17.1 Å². The Labute approximate surface area is 75.5 Å². The van der Waals surface area contributed by atoms with Crippen molar-refractivity contribution in [2.24, 2.45) is 17.8 Å². The molecule has 0 heterocycles. The highest BCUT2D eigenvalue weighted by atomic mass is 16.1. The summed E-state index contributed by atoms with van der Waals surface area (Å²) in [4.78, 5) is 11.5. The Hall–Kier alpha value is -0.330. The zero-order valence-electron chi connectivity index (χ0n) is 8.47. The summed E-state index contributed by atoms with van der Waals surface area (Å²) in [6, 6.07) is 0. The molecule has 0 aromatic heterocycles. The van der Waals surface area contributed by atoms with E-state index in [1.165, 1.54) is 12.8 Å². The van der Waals surface area contributed by atoms with Crippen LogP contribution in [0.25, 0.3) is 0 Å². The van der Waals surface area contributed by atoms with Gasteiger partial charge in [-0.15, -0.1) is 0 Å². The van der Waals surface area contributed by atoms with E-state index in [0.717, 1.165) is 12.8 Å². The molecule has 1 aliphatic rings. The number of rotatable bonds is 3. The van der Waals surface area contributed by atoms with Gasteiger partial charge in [-0.05, 0) is 24.7 Å². The normalized spacial score (nSPS) is 35.9. The summed E-state index contributed by atoms with van der Waals surface area (Å²) in [6.45, 7) is 6.58. The van der Waals surface area contributed by atoms with Gasteiger partial charge in [-0.3, -0.25) is 4.79 Å². The second-order valence-corrected chi connectivity index (χ2v) is 4.11. The second-order valence-electron chi connectivity index (χ2n) is 4.11. The summed E-state index contributed by atoms with van der Waals surface area (Å²) < 4.78 is 0. The van der Waals surface area contributed by atoms with Gasteiger partial charge in [-0.1, -0.05) is 27.2 Å². The Bertz CT molecular complexity index is 162. The highest BCUT2D eigenvalue weighted by Gasteiger charge is 2.37. The molecule has 1 saturated carbocycles. The lowest BCUT2D eigenvalue weighted by atomic mass is 9.85. The van der Waals surface area contributed by atoms with Crippen molar-refractivity contribution in [2.75, 3.05) is 0 Å². The molecular weight excluding hydrogens is 148 g/mol. The zero-order chi connectivity index (χ0) is 9.14. The first-order valence-corrected chi connectivity index (χ1v) is 5.23. The lowest BCUT2D eigenvalue weighted by molar-refractivity contribution is -0.121. The van der Waals surface area contributed by atoms with Crippen LogP contribution in [-0.4, -0.2) is 5.78 Å². The van der Waals surface area contributed by atoms with E-state index in [4.69, 9.17) is 0 Å². The number of hydrogen-bond acceptors (Lipinski definition) is 1. The van der Waals surface area contributed by atoms with E-state index < -0.39 is 0 Å². The van der Waals surface area contributed by atoms with Crippen LogP contribution in [0.5, 0.6) is 0 Å². The first kappa shape index (κ1) is 9.76. The molecule has 1 fully saturated rings. The van der Waals surface area contributed by atoms with E-state index in [2.05, 4.69) is 20.8 Å². The third kappa shape index (κ3) is 1.70. The van der Waals surface area contributed by atoms with Crippen molar-refractivity contribution in [3.05, 3.63) is 0 Å². The van der Waals surface area contributed by atoms with Crippen molar-refractivity contribution in [3.63, 3.8) is 0 Å². The molecule has 3 atom stereocenters. The average Bonchev–Trinajstić information content (AvgIpc) is 2.28. The number of ketones is 1. The van der Waals surface area contributed by atoms with Crippen molar-refractivity contribution >= 4 is 5.78 Å². The summed E-state index contributed by atoms with van der Waals surface area (Å²) in [5.41, 5.74) is 0. The average molecular weight is 168 g/mol. The predicted molar refractivity (Wildman–Crippen MR) is 51.0 cm³/mol. The fourth-order valence-electron chi connectivity index (χ4n) is 2.60. The summed E-state index contributed by atoms with van der Waals surface area (Å²) >= 11 is 0. The van der Waals surface area contributed by atoms with Crippen LogP contribution < -0.4 is 0 Å². The van der Waals surface area contributed by atoms with E-state index in [-0.39, 0.29) is 0 Å². The monoisotopic (exact) mass is 168 g/mol. The molecule has 12 heavy (non-hydrogen) atoms. The quantitative estimate of drug-likeness (QED) is 0.633. The molecule has 0 radical (unpaired) electrons.